The van der Waals surface area contributed by atoms with E-state index in [1.165, 1.54) is 5.75 Å². The van der Waals surface area contributed by atoms with E-state index in [0.29, 0.717) is 12.6 Å². The third-order valence-electron chi connectivity index (χ3n) is 2.08. The molecule has 0 fully saturated rings. The molecule has 1 N–H and O–H groups in total. The summed E-state index contributed by atoms with van der Waals surface area (Å²) in [5.74, 6) is 1.19. The van der Waals surface area contributed by atoms with E-state index in [1.54, 1.807) is 0 Å². The molecular weight excluding hydrogens is 170 g/mol. The van der Waals surface area contributed by atoms with Crippen molar-refractivity contribution < 1.29 is 5.11 Å². The molecule has 0 aromatic heterocycles. The predicted molar refractivity (Wildman–Crippen MR) is 56.8 cm³/mol. The highest BCUT2D eigenvalue weighted by Gasteiger charge is 2.06. The number of nitrogens with zero attached hydrogens (tertiary/aromatic N) is 1. The Balaban J connectivity index is 3.35. The van der Waals surface area contributed by atoms with E-state index < -0.39 is 0 Å². The Hall–Kier alpha value is 0.270. The van der Waals surface area contributed by atoms with Crippen LogP contribution in [0.2, 0.25) is 0 Å². The molecule has 74 valence electrons. The third-order valence-corrected chi connectivity index (χ3v) is 2.89. The fourth-order valence-corrected chi connectivity index (χ4v) is 1.80. The second-order valence-corrected chi connectivity index (χ2v) is 4.13. The van der Waals surface area contributed by atoms with Gasteiger partial charge < -0.3 is 10.0 Å². The van der Waals surface area contributed by atoms with Crippen LogP contribution in [0, 0.1) is 0 Å². The Kier molecular flexibility index (Phi) is 8.07. The molecule has 0 saturated heterocycles. The number of rotatable bonds is 7. The van der Waals surface area contributed by atoms with Gasteiger partial charge in [0.05, 0.1) is 0 Å². The van der Waals surface area contributed by atoms with E-state index in [1.807, 2.05) is 11.8 Å². The minimum atomic E-state index is 0.324. The highest BCUT2D eigenvalue weighted by molar-refractivity contribution is 7.98. The lowest BCUT2D eigenvalue weighted by Gasteiger charge is -2.23. The van der Waals surface area contributed by atoms with Crippen molar-refractivity contribution in [1.82, 2.24) is 4.90 Å². The molecule has 0 rings (SSSR count). The standard InChI is InChI=1S/C9H21NOS/c1-9(8-12-3)10(2)6-4-5-7-11/h9,11H,4-8H2,1-3H3. The van der Waals surface area contributed by atoms with E-state index in [4.69, 9.17) is 5.11 Å². The number of thioether (sulfide) groups is 1. The molecule has 0 saturated carbocycles. The van der Waals surface area contributed by atoms with Crippen LogP contribution in [0.25, 0.3) is 0 Å². The van der Waals surface area contributed by atoms with Crippen molar-refractivity contribution in [2.75, 3.05) is 32.2 Å². The normalized spacial score (nSPS) is 13.8. The molecule has 0 aliphatic carbocycles. The molecule has 0 amide bonds. The monoisotopic (exact) mass is 191 g/mol. The van der Waals surface area contributed by atoms with Gasteiger partial charge in [0, 0.05) is 18.4 Å². The molecule has 1 atom stereocenters. The molecule has 0 heterocycles. The molecule has 0 aromatic carbocycles. The van der Waals surface area contributed by atoms with Gasteiger partial charge in [-0.25, -0.2) is 0 Å². The molecule has 2 nitrogen and oxygen atoms in total. The molecule has 0 aliphatic heterocycles. The first-order chi connectivity index (χ1) is 5.72. The average molecular weight is 191 g/mol. The quantitative estimate of drug-likeness (QED) is 0.616. The van der Waals surface area contributed by atoms with Gasteiger partial charge >= 0.3 is 0 Å². The number of hydrogen-bond donors (Lipinski definition) is 1. The summed E-state index contributed by atoms with van der Waals surface area (Å²) < 4.78 is 0. The Morgan fingerprint density at radius 1 is 1.42 bits per heavy atom. The van der Waals surface area contributed by atoms with Crippen LogP contribution in [0.5, 0.6) is 0 Å². The Morgan fingerprint density at radius 3 is 2.58 bits per heavy atom. The van der Waals surface area contributed by atoms with Crippen molar-refractivity contribution in [2.45, 2.75) is 25.8 Å². The van der Waals surface area contributed by atoms with Crippen LogP contribution >= 0.6 is 11.8 Å². The first-order valence-corrected chi connectivity index (χ1v) is 5.91. The van der Waals surface area contributed by atoms with Crippen LogP contribution in [-0.4, -0.2) is 48.3 Å². The average Bonchev–Trinajstić information content (AvgIpc) is 2.05. The number of hydrogen-bond acceptors (Lipinski definition) is 3. The van der Waals surface area contributed by atoms with Crippen molar-refractivity contribution in [1.29, 1.82) is 0 Å². The molecule has 0 aromatic rings. The van der Waals surface area contributed by atoms with Gasteiger partial charge in [-0.2, -0.15) is 11.8 Å². The van der Waals surface area contributed by atoms with Crippen LogP contribution in [0.3, 0.4) is 0 Å². The van der Waals surface area contributed by atoms with Crippen LogP contribution in [0.4, 0.5) is 0 Å². The zero-order valence-electron chi connectivity index (χ0n) is 8.42. The summed E-state index contributed by atoms with van der Waals surface area (Å²) in [6.45, 7) is 3.67. The minimum absolute atomic E-state index is 0.324. The van der Waals surface area contributed by atoms with Crippen molar-refractivity contribution in [3.05, 3.63) is 0 Å². The van der Waals surface area contributed by atoms with E-state index in [-0.39, 0.29) is 0 Å². The fourth-order valence-electron chi connectivity index (χ4n) is 1.06. The zero-order valence-corrected chi connectivity index (χ0v) is 9.23. The first kappa shape index (κ1) is 12.3. The van der Waals surface area contributed by atoms with E-state index in [9.17, 15) is 0 Å². The van der Waals surface area contributed by atoms with Crippen molar-refractivity contribution in [2.24, 2.45) is 0 Å². The summed E-state index contributed by atoms with van der Waals surface area (Å²) >= 11 is 1.89. The van der Waals surface area contributed by atoms with Gasteiger partial charge in [0.25, 0.3) is 0 Å². The highest BCUT2D eigenvalue weighted by Crippen LogP contribution is 2.04. The van der Waals surface area contributed by atoms with Crippen molar-refractivity contribution >= 4 is 11.8 Å². The van der Waals surface area contributed by atoms with Gasteiger partial charge in [0.15, 0.2) is 0 Å². The maximum Gasteiger partial charge on any atom is 0.0431 e. The van der Waals surface area contributed by atoms with Crippen LogP contribution in [0.15, 0.2) is 0 Å². The summed E-state index contributed by atoms with van der Waals surface area (Å²) in [5, 5.41) is 8.60. The topological polar surface area (TPSA) is 23.5 Å². The summed E-state index contributed by atoms with van der Waals surface area (Å²) in [6, 6.07) is 0.652. The summed E-state index contributed by atoms with van der Waals surface area (Å²) in [7, 11) is 2.15. The van der Waals surface area contributed by atoms with E-state index in [0.717, 1.165) is 19.4 Å². The molecule has 3 heteroatoms. The summed E-state index contributed by atoms with van der Waals surface area (Å²) in [5.41, 5.74) is 0. The number of aliphatic hydroxyl groups is 1. The maximum absolute atomic E-state index is 8.60. The largest absolute Gasteiger partial charge is 0.396 e. The Morgan fingerprint density at radius 2 is 2.08 bits per heavy atom. The second kappa shape index (κ2) is 7.90. The summed E-state index contributed by atoms with van der Waals surface area (Å²) in [4.78, 5) is 2.35. The predicted octanol–water partition coefficient (Wildman–Crippen LogP) is 1.44. The Labute approximate surface area is 80.3 Å². The lowest BCUT2D eigenvalue weighted by Crippen LogP contribution is -2.31. The smallest absolute Gasteiger partial charge is 0.0431 e. The van der Waals surface area contributed by atoms with Crippen molar-refractivity contribution in [3.63, 3.8) is 0 Å². The molecule has 0 aliphatic rings. The molecule has 0 bridgehead atoms. The number of unbranched alkanes of at least 4 members (excludes halogenated alkanes) is 1. The molecule has 0 spiro atoms. The molecule has 12 heavy (non-hydrogen) atoms. The third kappa shape index (κ3) is 5.86. The van der Waals surface area contributed by atoms with Gasteiger partial charge in [-0.05, 0) is 39.6 Å². The second-order valence-electron chi connectivity index (χ2n) is 3.22. The van der Waals surface area contributed by atoms with Gasteiger partial charge in [-0.3, -0.25) is 0 Å². The molecule has 0 radical (unpaired) electrons. The molecule has 1 unspecified atom stereocenters. The van der Waals surface area contributed by atoms with Crippen molar-refractivity contribution in [3.8, 4) is 0 Å². The van der Waals surface area contributed by atoms with Gasteiger partial charge in [0.1, 0.15) is 0 Å². The van der Waals surface area contributed by atoms with Gasteiger partial charge in [0.2, 0.25) is 0 Å². The first-order valence-electron chi connectivity index (χ1n) is 4.52. The van der Waals surface area contributed by atoms with E-state index >= 15 is 0 Å². The lowest BCUT2D eigenvalue weighted by molar-refractivity contribution is 0.243. The van der Waals surface area contributed by atoms with Crippen LogP contribution in [0.1, 0.15) is 19.8 Å². The summed E-state index contributed by atoms with van der Waals surface area (Å²) in [6.07, 6.45) is 4.17. The zero-order chi connectivity index (χ0) is 9.40. The minimum Gasteiger partial charge on any atom is -0.396 e. The highest BCUT2D eigenvalue weighted by atomic mass is 32.2. The van der Waals surface area contributed by atoms with E-state index in [2.05, 4.69) is 25.1 Å². The SMILES string of the molecule is CSCC(C)N(C)CCCCO. The van der Waals surface area contributed by atoms with Gasteiger partial charge in [-0.15, -0.1) is 0 Å². The van der Waals surface area contributed by atoms with Crippen LogP contribution < -0.4 is 0 Å². The van der Waals surface area contributed by atoms with Crippen LogP contribution in [-0.2, 0) is 0 Å². The number of aliphatic hydroxyl groups excluding tert-OH is 1. The fraction of sp³-hybridized carbons (Fsp3) is 1.00. The maximum atomic E-state index is 8.60. The lowest BCUT2D eigenvalue weighted by atomic mass is 10.2. The molecular formula is C9H21NOS. The Bertz CT molecular complexity index is 101. The van der Waals surface area contributed by atoms with Gasteiger partial charge in [-0.1, -0.05) is 0 Å².